The van der Waals surface area contributed by atoms with Gasteiger partial charge >= 0.3 is 0 Å². The fraction of sp³-hybridized carbons (Fsp3) is 0.727. The maximum Gasteiger partial charge on any atom is 0.0795 e. The monoisotopic (exact) mass is 260 g/mol. The van der Waals surface area contributed by atoms with Crippen LogP contribution in [0.2, 0.25) is 0 Å². The molecule has 0 bridgehead atoms. The molecule has 0 aliphatic carbocycles. The van der Waals surface area contributed by atoms with Gasteiger partial charge in [0.25, 0.3) is 0 Å². The molecule has 0 amide bonds. The van der Waals surface area contributed by atoms with E-state index >= 15 is 0 Å². The lowest BCUT2D eigenvalue weighted by atomic mass is 10.2. The van der Waals surface area contributed by atoms with Crippen molar-refractivity contribution in [3.8, 4) is 0 Å². The minimum Gasteiger partial charge on any atom is -0.308 e. The third-order valence-corrected chi connectivity index (χ3v) is 4.86. The molecule has 1 aromatic rings. The fourth-order valence-electron chi connectivity index (χ4n) is 1.21. The first kappa shape index (κ1) is 13.8. The highest BCUT2D eigenvalue weighted by molar-refractivity contribution is 7.86. The number of hydrogen-bond donors (Lipinski definition) is 1. The number of nitrogens with zero attached hydrogens (tertiary/aromatic N) is 1. The van der Waals surface area contributed by atoms with E-state index in [1.807, 2.05) is 31.7 Å². The topological polar surface area (TPSA) is 42.0 Å². The lowest BCUT2D eigenvalue weighted by Crippen LogP contribution is -2.30. The summed E-state index contributed by atoms with van der Waals surface area (Å²) in [6.45, 7) is 8.87. The SMILES string of the molecule is CC(NCCS(=O)C(C)(C)C)c1cscn1. The van der Waals surface area contributed by atoms with Crippen LogP contribution in [-0.2, 0) is 10.8 Å². The Bertz CT molecular complexity index is 330. The molecule has 92 valence electrons. The molecule has 0 aliphatic rings. The van der Waals surface area contributed by atoms with Crippen LogP contribution in [0, 0.1) is 0 Å². The third kappa shape index (κ3) is 4.31. The molecule has 0 aromatic carbocycles. The van der Waals surface area contributed by atoms with Crippen molar-refractivity contribution in [1.29, 1.82) is 0 Å². The van der Waals surface area contributed by atoms with Gasteiger partial charge in [0.05, 0.1) is 11.2 Å². The lowest BCUT2D eigenvalue weighted by molar-refractivity contribution is 0.581. The van der Waals surface area contributed by atoms with E-state index in [0.717, 1.165) is 12.2 Å². The minimum absolute atomic E-state index is 0.119. The molecule has 3 nitrogen and oxygen atoms in total. The number of hydrogen-bond acceptors (Lipinski definition) is 4. The summed E-state index contributed by atoms with van der Waals surface area (Å²) in [4.78, 5) is 4.24. The lowest BCUT2D eigenvalue weighted by Gasteiger charge is -2.18. The normalized spacial score (nSPS) is 16.0. The molecule has 1 N–H and O–H groups in total. The van der Waals surface area contributed by atoms with E-state index in [1.54, 1.807) is 11.3 Å². The van der Waals surface area contributed by atoms with Gasteiger partial charge in [-0.25, -0.2) is 4.98 Å². The summed E-state index contributed by atoms with van der Waals surface area (Å²) >= 11 is 1.60. The van der Waals surface area contributed by atoms with Crippen molar-refractivity contribution in [3.63, 3.8) is 0 Å². The molecule has 0 radical (unpaired) electrons. The predicted molar refractivity (Wildman–Crippen MR) is 71.3 cm³/mol. The van der Waals surface area contributed by atoms with Crippen molar-refractivity contribution >= 4 is 22.1 Å². The Labute approximate surface area is 104 Å². The highest BCUT2D eigenvalue weighted by atomic mass is 32.2. The molecule has 0 spiro atoms. The van der Waals surface area contributed by atoms with Crippen LogP contribution in [0.5, 0.6) is 0 Å². The molecular formula is C11H20N2OS2. The molecule has 1 rings (SSSR count). The Kier molecular flexibility index (Phi) is 5.08. The zero-order valence-electron chi connectivity index (χ0n) is 10.3. The van der Waals surface area contributed by atoms with Crippen molar-refractivity contribution in [1.82, 2.24) is 10.3 Å². The average Bonchev–Trinajstić information content (AvgIpc) is 2.68. The molecule has 2 unspecified atom stereocenters. The largest absolute Gasteiger partial charge is 0.308 e. The number of rotatable bonds is 5. The molecular weight excluding hydrogens is 240 g/mol. The second-order valence-electron chi connectivity index (χ2n) is 4.75. The quantitative estimate of drug-likeness (QED) is 0.883. The van der Waals surface area contributed by atoms with E-state index < -0.39 is 10.8 Å². The van der Waals surface area contributed by atoms with Crippen LogP contribution in [0.25, 0.3) is 0 Å². The van der Waals surface area contributed by atoms with Gasteiger partial charge in [-0.05, 0) is 27.7 Å². The van der Waals surface area contributed by atoms with Gasteiger partial charge < -0.3 is 5.32 Å². The first-order valence-electron chi connectivity index (χ1n) is 5.41. The summed E-state index contributed by atoms with van der Waals surface area (Å²) in [6, 6.07) is 0.239. The van der Waals surface area contributed by atoms with Gasteiger partial charge in [-0.3, -0.25) is 4.21 Å². The second kappa shape index (κ2) is 5.89. The Morgan fingerprint density at radius 2 is 2.25 bits per heavy atom. The molecule has 0 saturated heterocycles. The van der Waals surface area contributed by atoms with Crippen LogP contribution >= 0.6 is 11.3 Å². The molecule has 0 saturated carbocycles. The van der Waals surface area contributed by atoms with Gasteiger partial charge in [-0.1, -0.05) is 0 Å². The predicted octanol–water partition coefficient (Wildman–Crippen LogP) is 2.34. The Morgan fingerprint density at radius 1 is 1.56 bits per heavy atom. The van der Waals surface area contributed by atoms with Crippen molar-refractivity contribution in [2.24, 2.45) is 0 Å². The smallest absolute Gasteiger partial charge is 0.0795 e. The Balaban J connectivity index is 2.29. The summed E-state index contributed by atoms with van der Waals surface area (Å²) in [5.41, 5.74) is 2.90. The van der Waals surface area contributed by atoms with E-state index in [0.29, 0.717) is 5.75 Å². The van der Waals surface area contributed by atoms with Crippen molar-refractivity contribution in [2.75, 3.05) is 12.3 Å². The maximum absolute atomic E-state index is 11.8. The molecule has 2 atom stereocenters. The minimum atomic E-state index is -0.781. The third-order valence-electron chi connectivity index (χ3n) is 2.32. The molecule has 1 heterocycles. The standard InChI is InChI=1S/C11H20N2OS2/c1-9(10-7-15-8-13-10)12-5-6-16(14)11(2,3)4/h7-9,12H,5-6H2,1-4H3. The Hall–Kier alpha value is -0.260. The maximum atomic E-state index is 11.8. The number of aromatic nitrogens is 1. The summed E-state index contributed by atoms with van der Waals surface area (Å²) in [5.74, 6) is 0.692. The van der Waals surface area contributed by atoms with Crippen LogP contribution in [0.3, 0.4) is 0 Å². The van der Waals surface area contributed by atoms with Crippen LogP contribution < -0.4 is 5.32 Å². The van der Waals surface area contributed by atoms with E-state index in [4.69, 9.17) is 0 Å². The first-order chi connectivity index (χ1) is 7.41. The Morgan fingerprint density at radius 3 is 2.75 bits per heavy atom. The van der Waals surface area contributed by atoms with Crippen LogP contribution in [0.4, 0.5) is 0 Å². The van der Waals surface area contributed by atoms with Gasteiger partial charge in [0.2, 0.25) is 0 Å². The summed E-state index contributed by atoms with van der Waals surface area (Å²) < 4.78 is 11.7. The summed E-state index contributed by atoms with van der Waals surface area (Å²) in [6.07, 6.45) is 0. The second-order valence-corrected chi connectivity index (χ2v) is 7.79. The van der Waals surface area contributed by atoms with Crippen LogP contribution in [0.1, 0.15) is 39.4 Å². The molecule has 1 aromatic heterocycles. The van der Waals surface area contributed by atoms with Gasteiger partial charge in [0.1, 0.15) is 0 Å². The van der Waals surface area contributed by atoms with E-state index in [9.17, 15) is 4.21 Å². The average molecular weight is 260 g/mol. The molecule has 16 heavy (non-hydrogen) atoms. The highest BCUT2D eigenvalue weighted by Gasteiger charge is 2.18. The van der Waals surface area contributed by atoms with Crippen molar-refractivity contribution < 1.29 is 4.21 Å². The van der Waals surface area contributed by atoms with Gasteiger partial charge in [0.15, 0.2) is 0 Å². The number of nitrogens with one attached hydrogen (secondary N) is 1. The molecule has 0 fully saturated rings. The fourth-order valence-corrected chi connectivity index (χ4v) is 2.78. The summed E-state index contributed by atoms with van der Waals surface area (Å²) in [7, 11) is -0.781. The van der Waals surface area contributed by atoms with Gasteiger partial charge in [0, 0.05) is 39.3 Å². The van der Waals surface area contributed by atoms with E-state index in [2.05, 4.69) is 17.2 Å². The zero-order valence-corrected chi connectivity index (χ0v) is 12.0. The van der Waals surface area contributed by atoms with Gasteiger partial charge in [-0.2, -0.15) is 0 Å². The van der Waals surface area contributed by atoms with E-state index in [-0.39, 0.29) is 10.8 Å². The zero-order chi connectivity index (χ0) is 12.2. The van der Waals surface area contributed by atoms with Crippen LogP contribution in [0.15, 0.2) is 10.9 Å². The van der Waals surface area contributed by atoms with Crippen LogP contribution in [-0.4, -0.2) is 26.2 Å². The number of thiazole rings is 1. The highest BCUT2D eigenvalue weighted by Crippen LogP contribution is 2.13. The first-order valence-corrected chi connectivity index (χ1v) is 7.67. The van der Waals surface area contributed by atoms with E-state index in [1.165, 1.54) is 0 Å². The van der Waals surface area contributed by atoms with Gasteiger partial charge in [-0.15, -0.1) is 11.3 Å². The molecule has 5 heteroatoms. The summed E-state index contributed by atoms with van der Waals surface area (Å²) in [5, 5.41) is 5.38. The molecule has 0 aliphatic heterocycles. The van der Waals surface area contributed by atoms with Crippen molar-refractivity contribution in [2.45, 2.75) is 38.5 Å². The van der Waals surface area contributed by atoms with Crippen molar-refractivity contribution in [3.05, 3.63) is 16.6 Å².